The van der Waals surface area contributed by atoms with Crippen molar-refractivity contribution in [3.05, 3.63) is 181 Å². The third kappa shape index (κ3) is 5.20. The lowest BCUT2D eigenvalue weighted by Gasteiger charge is -2.12. The molecule has 0 atom stereocenters. The van der Waals surface area contributed by atoms with Crippen LogP contribution >= 0.6 is 11.6 Å². The first-order valence-corrected chi connectivity index (χ1v) is 18.6. The van der Waals surface area contributed by atoms with E-state index in [1.807, 2.05) is 36.4 Å². The fraction of sp³-hybridized carbons (Fsp3) is 0. The second-order valence-electron chi connectivity index (χ2n) is 13.8. The molecule has 5 nitrogen and oxygen atoms in total. The Balaban J connectivity index is 1.18. The van der Waals surface area contributed by atoms with Crippen molar-refractivity contribution >= 4 is 66.1 Å². The first kappa shape index (κ1) is 31.4. The normalized spacial score (nSPS) is 11.7. The highest BCUT2D eigenvalue weighted by Crippen LogP contribution is 2.40. The Morgan fingerprint density at radius 3 is 1.95 bits per heavy atom. The minimum absolute atomic E-state index is 0.587. The molecule has 0 unspecified atom stereocenters. The first-order valence-electron chi connectivity index (χ1n) is 18.2. The summed E-state index contributed by atoms with van der Waals surface area (Å²) in [6.07, 6.45) is 0. The molecule has 8 aromatic carbocycles. The van der Waals surface area contributed by atoms with E-state index in [1.165, 1.54) is 0 Å². The SMILES string of the molecule is Clc1ccc2c(c1)oc1ccc3ccc(-c4nc(-c5cccc(-c6ccccc6)c5)nc(-c5cccc6c5c5ccccc5n6-c5ccccc5)n4)cc3c12. The van der Waals surface area contributed by atoms with Gasteiger partial charge in [0.1, 0.15) is 11.2 Å². The predicted molar refractivity (Wildman–Crippen MR) is 226 cm³/mol. The van der Waals surface area contributed by atoms with Crippen LogP contribution < -0.4 is 0 Å². The molecule has 11 aromatic rings. The molecule has 0 radical (unpaired) electrons. The van der Waals surface area contributed by atoms with Crippen molar-refractivity contribution in [3.8, 4) is 51.0 Å². The number of benzene rings is 8. The zero-order valence-electron chi connectivity index (χ0n) is 29.3. The molecule has 0 saturated carbocycles. The summed E-state index contributed by atoms with van der Waals surface area (Å²) in [7, 11) is 0. The highest BCUT2D eigenvalue weighted by molar-refractivity contribution is 6.32. The van der Waals surface area contributed by atoms with Crippen LogP contribution in [0.1, 0.15) is 0 Å². The summed E-state index contributed by atoms with van der Waals surface area (Å²) in [4.78, 5) is 15.8. The number of hydrogen-bond donors (Lipinski definition) is 0. The van der Waals surface area contributed by atoms with Crippen molar-refractivity contribution in [2.75, 3.05) is 0 Å². The first-order chi connectivity index (χ1) is 27.2. The van der Waals surface area contributed by atoms with Crippen LogP contribution in [0.4, 0.5) is 0 Å². The Hall–Kier alpha value is -7.08. The van der Waals surface area contributed by atoms with E-state index in [0.717, 1.165) is 88.0 Å². The Bertz CT molecular complexity index is 3280. The molecule has 0 amide bonds. The number of aromatic nitrogens is 4. The van der Waals surface area contributed by atoms with Gasteiger partial charge in [-0.25, -0.2) is 15.0 Å². The lowest BCUT2D eigenvalue weighted by molar-refractivity contribution is 0.669. The zero-order chi connectivity index (χ0) is 36.5. The van der Waals surface area contributed by atoms with Crippen LogP contribution in [0.5, 0.6) is 0 Å². The fourth-order valence-corrected chi connectivity index (χ4v) is 8.15. The lowest BCUT2D eigenvalue weighted by Crippen LogP contribution is -2.01. The van der Waals surface area contributed by atoms with Gasteiger partial charge < -0.3 is 8.98 Å². The fourth-order valence-electron chi connectivity index (χ4n) is 7.99. The lowest BCUT2D eigenvalue weighted by atomic mass is 10.0. The summed E-state index contributed by atoms with van der Waals surface area (Å²) >= 11 is 6.36. The number of hydrogen-bond acceptors (Lipinski definition) is 4. The van der Waals surface area contributed by atoms with E-state index in [4.69, 9.17) is 31.0 Å². The summed E-state index contributed by atoms with van der Waals surface area (Å²) in [6.45, 7) is 0. The highest BCUT2D eigenvalue weighted by Gasteiger charge is 2.20. The Labute approximate surface area is 320 Å². The third-order valence-corrected chi connectivity index (χ3v) is 10.7. The van der Waals surface area contributed by atoms with Gasteiger partial charge in [0.05, 0.1) is 11.0 Å². The van der Waals surface area contributed by atoms with Crippen molar-refractivity contribution in [1.82, 2.24) is 19.5 Å². The topological polar surface area (TPSA) is 56.7 Å². The van der Waals surface area contributed by atoms with Crippen LogP contribution in [-0.2, 0) is 0 Å². The zero-order valence-corrected chi connectivity index (χ0v) is 30.1. The van der Waals surface area contributed by atoms with Crippen LogP contribution in [-0.4, -0.2) is 19.5 Å². The highest BCUT2D eigenvalue weighted by atomic mass is 35.5. The Kier molecular flexibility index (Phi) is 7.15. The largest absolute Gasteiger partial charge is 0.456 e. The van der Waals surface area contributed by atoms with Gasteiger partial charge in [0, 0.05) is 55.0 Å². The quantitative estimate of drug-likeness (QED) is 0.177. The van der Waals surface area contributed by atoms with Crippen LogP contribution in [0.2, 0.25) is 5.02 Å². The second kappa shape index (κ2) is 12.5. The minimum Gasteiger partial charge on any atom is -0.456 e. The summed E-state index contributed by atoms with van der Waals surface area (Å²) in [5, 5.41) is 7.06. The summed E-state index contributed by atoms with van der Waals surface area (Å²) < 4.78 is 8.59. The monoisotopic (exact) mass is 724 g/mol. The number of nitrogens with zero attached hydrogens (tertiary/aromatic N) is 4. The molecule has 11 rings (SSSR count). The molecule has 6 heteroatoms. The van der Waals surface area contributed by atoms with Gasteiger partial charge in [0.2, 0.25) is 0 Å². The summed E-state index contributed by atoms with van der Waals surface area (Å²) in [6, 6.07) is 60.6. The average Bonchev–Trinajstić information content (AvgIpc) is 3.79. The van der Waals surface area contributed by atoms with E-state index < -0.39 is 0 Å². The van der Waals surface area contributed by atoms with Gasteiger partial charge in [0.15, 0.2) is 17.5 Å². The Morgan fingerprint density at radius 2 is 1.09 bits per heavy atom. The average molecular weight is 725 g/mol. The van der Waals surface area contributed by atoms with Crippen molar-refractivity contribution in [1.29, 1.82) is 0 Å². The molecule has 0 saturated heterocycles. The molecule has 0 bridgehead atoms. The standard InChI is InChI=1S/C49H29ClN4O/c50-35-24-25-38-44(29-35)55-43-26-23-31-21-22-34(28-40(31)46(38)43)48-51-47(33-14-9-13-32(27-33)30-11-3-1-4-12-30)52-49(53-48)39-18-10-20-42-45(39)37-17-7-8-19-41(37)54(42)36-15-5-2-6-16-36/h1-29H. The molecule has 0 aliphatic heterocycles. The second-order valence-corrected chi connectivity index (χ2v) is 14.2. The summed E-state index contributed by atoms with van der Waals surface area (Å²) in [5.41, 5.74) is 9.80. The molecule has 0 spiro atoms. The molecule has 3 aromatic heterocycles. The molecule has 0 N–H and O–H groups in total. The molecule has 3 heterocycles. The number of rotatable bonds is 5. The van der Waals surface area contributed by atoms with Crippen molar-refractivity contribution in [3.63, 3.8) is 0 Å². The van der Waals surface area contributed by atoms with Gasteiger partial charge in [-0.2, -0.15) is 0 Å². The molecule has 0 fully saturated rings. The van der Waals surface area contributed by atoms with E-state index >= 15 is 0 Å². The van der Waals surface area contributed by atoms with Gasteiger partial charge in [-0.1, -0.05) is 127 Å². The number of halogens is 1. The van der Waals surface area contributed by atoms with Gasteiger partial charge >= 0.3 is 0 Å². The van der Waals surface area contributed by atoms with E-state index in [-0.39, 0.29) is 0 Å². The van der Waals surface area contributed by atoms with Crippen LogP contribution in [0, 0.1) is 0 Å². The van der Waals surface area contributed by atoms with E-state index in [1.54, 1.807) is 0 Å². The van der Waals surface area contributed by atoms with Crippen molar-refractivity contribution < 1.29 is 4.42 Å². The summed E-state index contributed by atoms with van der Waals surface area (Å²) in [5.74, 6) is 1.79. The molecule has 0 aliphatic carbocycles. The molecular formula is C49H29ClN4O. The van der Waals surface area contributed by atoms with E-state index in [2.05, 4.69) is 144 Å². The minimum atomic E-state index is 0.587. The third-order valence-electron chi connectivity index (χ3n) is 10.5. The maximum Gasteiger partial charge on any atom is 0.164 e. The van der Waals surface area contributed by atoms with E-state index in [0.29, 0.717) is 22.5 Å². The predicted octanol–water partition coefficient (Wildman–Crippen LogP) is 13.3. The van der Waals surface area contributed by atoms with E-state index in [9.17, 15) is 0 Å². The van der Waals surface area contributed by atoms with Gasteiger partial charge in [-0.3, -0.25) is 0 Å². The van der Waals surface area contributed by atoms with Gasteiger partial charge in [0.25, 0.3) is 0 Å². The molecule has 0 aliphatic rings. The van der Waals surface area contributed by atoms with Crippen molar-refractivity contribution in [2.24, 2.45) is 0 Å². The Morgan fingerprint density at radius 1 is 0.418 bits per heavy atom. The van der Waals surface area contributed by atoms with Crippen molar-refractivity contribution in [2.45, 2.75) is 0 Å². The smallest absolute Gasteiger partial charge is 0.164 e. The maximum absolute atomic E-state index is 6.36. The van der Waals surface area contributed by atoms with Crippen LogP contribution in [0.25, 0.3) is 105 Å². The number of furan rings is 1. The van der Waals surface area contributed by atoms with Gasteiger partial charge in [-0.05, 0) is 76.5 Å². The number of fused-ring (bicyclic) bond motifs is 8. The van der Waals surface area contributed by atoms with Crippen LogP contribution in [0.3, 0.4) is 0 Å². The maximum atomic E-state index is 6.36. The van der Waals surface area contributed by atoms with Gasteiger partial charge in [-0.15, -0.1) is 0 Å². The number of para-hydroxylation sites is 2. The molecular weight excluding hydrogens is 696 g/mol. The molecule has 258 valence electrons. The molecule has 55 heavy (non-hydrogen) atoms. The van der Waals surface area contributed by atoms with Crippen LogP contribution in [0.15, 0.2) is 180 Å².